The third kappa shape index (κ3) is 3.14. The number of hydrogen-bond donors (Lipinski definition) is 1. The van der Waals surface area contributed by atoms with E-state index in [0.717, 1.165) is 29.5 Å². The first kappa shape index (κ1) is 16.9. The normalized spacial score (nSPS) is 13.7. The minimum atomic E-state index is -0.132. The predicted octanol–water partition coefficient (Wildman–Crippen LogP) is 1.17. The summed E-state index contributed by atoms with van der Waals surface area (Å²) in [5, 5.41) is 7.52. The van der Waals surface area contributed by atoms with Gasteiger partial charge in [-0.25, -0.2) is 9.97 Å². The number of thiophene rings is 1. The van der Waals surface area contributed by atoms with Crippen LogP contribution in [-0.2, 0) is 37.8 Å². The van der Waals surface area contributed by atoms with Gasteiger partial charge in [0.1, 0.15) is 17.0 Å². The van der Waals surface area contributed by atoms with Crippen molar-refractivity contribution >= 4 is 27.5 Å². The maximum Gasteiger partial charge on any atom is 0.262 e. The highest BCUT2D eigenvalue weighted by molar-refractivity contribution is 7.18. The largest absolute Gasteiger partial charge is 0.349 e. The van der Waals surface area contributed by atoms with Crippen molar-refractivity contribution in [3.8, 4) is 0 Å². The lowest BCUT2D eigenvalue weighted by Crippen LogP contribution is -2.28. The van der Waals surface area contributed by atoms with E-state index in [1.807, 2.05) is 0 Å². The van der Waals surface area contributed by atoms with Gasteiger partial charge >= 0.3 is 0 Å². The van der Waals surface area contributed by atoms with Crippen molar-refractivity contribution < 1.29 is 4.79 Å². The number of nitrogens with one attached hydrogen (secondary N) is 1. The Morgan fingerprint density at radius 3 is 2.96 bits per heavy atom. The van der Waals surface area contributed by atoms with Gasteiger partial charge in [0.25, 0.3) is 5.56 Å². The van der Waals surface area contributed by atoms with Gasteiger partial charge < -0.3 is 5.32 Å². The highest BCUT2D eigenvalue weighted by Crippen LogP contribution is 2.33. The number of fused-ring (bicyclic) bond motifs is 3. The molecule has 0 fully saturated rings. The fourth-order valence-corrected chi connectivity index (χ4v) is 4.53. The first-order valence-electron chi connectivity index (χ1n) is 8.72. The summed E-state index contributed by atoms with van der Waals surface area (Å²) in [7, 11) is 1.77. The van der Waals surface area contributed by atoms with Crippen LogP contribution in [0.15, 0.2) is 17.4 Å². The molecule has 0 saturated heterocycles. The maximum absolute atomic E-state index is 12.8. The van der Waals surface area contributed by atoms with Crippen molar-refractivity contribution in [2.45, 2.75) is 45.2 Å². The molecule has 0 unspecified atom stereocenters. The van der Waals surface area contributed by atoms with Gasteiger partial charge in [0.05, 0.1) is 18.3 Å². The number of rotatable bonds is 5. The number of carbonyl (C=O) groups is 1. The highest BCUT2D eigenvalue weighted by atomic mass is 32.1. The van der Waals surface area contributed by atoms with Crippen LogP contribution in [-0.4, -0.2) is 30.2 Å². The van der Waals surface area contributed by atoms with E-state index in [4.69, 9.17) is 0 Å². The smallest absolute Gasteiger partial charge is 0.262 e. The maximum atomic E-state index is 12.8. The van der Waals surface area contributed by atoms with E-state index in [9.17, 15) is 9.59 Å². The Kier molecular flexibility index (Phi) is 4.54. The van der Waals surface area contributed by atoms with E-state index in [2.05, 4.69) is 20.4 Å². The second-order valence-corrected chi connectivity index (χ2v) is 7.54. The lowest BCUT2D eigenvalue weighted by molar-refractivity contribution is -0.121. The summed E-state index contributed by atoms with van der Waals surface area (Å²) in [6.07, 6.45) is 7.52. The molecule has 1 amide bonds. The molecule has 3 heterocycles. The third-order valence-electron chi connectivity index (χ3n) is 4.77. The summed E-state index contributed by atoms with van der Waals surface area (Å²) >= 11 is 1.64. The summed E-state index contributed by atoms with van der Waals surface area (Å²) < 4.78 is 3.16. The molecule has 1 aliphatic carbocycles. The molecule has 0 saturated carbocycles. The second-order valence-electron chi connectivity index (χ2n) is 6.46. The van der Waals surface area contributed by atoms with Crippen LogP contribution in [0.2, 0.25) is 0 Å². The molecule has 0 bridgehead atoms. The first-order valence-corrected chi connectivity index (χ1v) is 9.54. The third-order valence-corrected chi connectivity index (χ3v) is 5.97. The lowest BCUT2D eigenvalue weighted by Gasteiger charge is -2.10. The molecule has 9 heteroatoms. The fourth-order valence-electron chi connectivity index (χ4n) is 3.31. The molecule has 3 aromatic rings. The van der Waals surface area contributed by atoms with Gasteiger partial charge in [-0.3, -0.25) is 18.8 Å². The topological polar surface area (TPSA) is 94.7 Å². The first-order chi connectivity index (χ1) is 12.6. The molecule has 8 nitrogen and oxygen atoms in total. The monoisotopic (exact) mass is 372 g/mol. The molecule has 0 atom stereocenters. The average molecular weight is 372 g/mol. The minimum Gasteiger partial charge on any atom is -0.349 e. The van der Waals surface area contributed by atoms with Crippen molar-refractivity contribution in [3.63, 3.8) is 0 Å². The van der Waals surface area contributed by atoms with Crippen LogP contribution in [0, 0.1) is 0 Å². The van der Waals surface area contributed by atoms with E-state index in [1.54, 1.807) is 34.0 Å². The van der Waals surface area contributed by atoms with Crippen LogP contribution in [0.5, 0.6) is 0 Å². The number of amides is 1. The molecule has 4 rings (SSSR count). The zero-order chi connectivity index (χ0) is 18.1. The summed E-state index contributed by atoms with van der Waals surface area (Å²) in [6, 6.07) is 0. The van der Waals surface area contributed by atoms with Gasteiger partial charge in [0.15, 0.2) is 0 Å². The van der Waals surface area contributed by atoms with Crippen molar-refractivity contribution in [1.82, 2.24) is 29.6 Å². The van der Waals surface area contributed by atoms with E-state index in [0.29, 0.717) is 18.9 Å². The van der Waals surface area contributed by atoms with Gasteiger partial charge in [0.2, 0.25) is 5.91 Å². The number of hydrogen-bond acceptors (Lipinski definition) is 6. The molecule has 0 aromatic carbocycles. The van der Waals surface area contributed by atoms with Crippen molar-refractivity contribution in [2.75, 3.05) is 0 Å². The Balaban J connectivity index is 1.45. The zero-order valence-corrected chi connectivity index (χ0v) is 15.4. The predicted molar refractivity (Wildman–Crippen MR) is 98.0 cm³/mol. The fraction of sp³-hybridized carbons (Fsp3) is 0.471. The molecule has 0 aliphatic heterocycles. The van der Waals surface area contributed by atoms with Crippen molar-refractivity contribution in [2.24, 2.45) is 7.05 Å². The van der Waals surface area contributed by atoms with Crippen LogP contribution in [0.1, 0.15) is 35.5 Å². The minimum absolute atomic E-state index is 0.0319. The second kappa shape index (κ2) is 6.99. The van der Waals surface area contributed by atoms with E-state index in [1.165, 1.54) is 23.2 Å². The molecule has 136 valence electrons. The number of aromatic nitrogens is 5. The van der Waals surface area contributed by atoms with Gasteiger partial charge in [-0.1, -0.05) is 0 Å². The zero-order valence-electron chi connectivity index (χ0n) is 14.6. The summed E-state index contributed by atoms with van der Waals surface area (Å²) in [5.74, 6) is 0.552. The molecule has 1 N–H and O–H groups in total. The van der Waals surface area contributed by atoms with Gasteiger partial charge in [-0.05, 0) is 31.2 Å². The van der Waals surface area contributed by atoms with E-state index in [-0.39, 0.29) is 17.9 Å². The molecule has 0 radical (unpaired) electrons. The molecular formula is C17H20N6O2S. The standard InChI is InChI=1S/C17H20N6O2S/c1-22-13(19-9-21-22)8-18-14(24)6-7-23-10-20-16-15(17(23)25)11-4-2-3-5-12(11)26-16/h9-10H,2-8H2,1H3,(H,18,24). The van der Waals surface area contributed by atoms with E-state index < -0.39 is 0 Å². The average Bonchev–Trinajstić information content (AvgIpc) is 3.22. The van der Waals surface area contributed by atoms with Crippen molar-refractivity contribution in [1.29, 1.82) is 0 Å². The van der Waals surface area contributed by atoms with E-state index >= 15 is 0 Å². The van der Waals surface area contributed by atoms with Gasteiger partial charge in [0, 0.05) is 24.9 Å². The van der Waals surface area contributed by atoms with Crippen LogP contribution in [0.25, 0.3) is 10.2 Å². The van der Waals surface area contributed by atoms with Crippen molar-refractivity contribution in [3.05, 3.63) is 39.3 Å². The SMILES string of the molecule is Cn1ncnc1CNC(=O)CCn1cnc2sc3c(c2c1=O)CCCC3. The highest BCUT2D eigenvalue weighted by Gasteiger charge is 2.20. The molecule has 0 spiro atoms. The lowest BCUT2D eigenvalue weighted by atomic mass is 9.97. The summed E-state index contributed by atoms with van der Waals surface area (Å²) in [4.78, 5) is 35.6. The Morgan fingerprint density at radius 2 is 2.15 bits per heavy atom. The summed E-state index contributed by atoms with van der Waals surface area (Å²) in [5.41, 5.74) is 1.14. The van der Waals surface area contributed by atoms with Crippen LogP contribution in [0.4, 0.5) is 0 Å². The van der Waals surface area contributed by atoms with Crippen LogP contribution >= 0.6 is 11.3 Å². The Labute approximate surface area is 153 Å². The number of aryl methyl sites for hydroxylation is 4. The summed E-state index contributed by atoms with van der Waals surface area (Å²) in [6.45, 7) is 0.636. The Hall–Kier alpha value is -2.55. The number of carbonyl (C=O) groups excluding carboxylic acids is 1. The Morgan fingerprint density at radius 1 is 1.31 bits per heavy atom. The van der Waals surface area contributed by atoms with Crippen LogP contribution in [0.3, 0.4) is 0 Å². The molecule has 1 aliphatic rings. The van der Waals surface area contributed by atoms with Gasteiger partial charge in [-0.2, -0.15) is 5.10 Å². The van der Waals surface area contributed by atoms with Gasteiger partial charge in [-0.15, -0.1) is 11.3 Å². The quantitative estimate of drug-likeness (QED) is 0.725. The molecular weight excluding hydrogens is 352 g/mol. The molecule has 26 heavy (non-hydrogen) atoms. The number of nitrogens with zero attached hydrogens (tertiary/aromatic N) is 5. The Bertz CT molecular complexity index is 1020. The van der Waals surface area contributed by atoms with Crippen LogP contribution < -0.4 is 10.9 Å². The molecule has 3 aromatic heterocycles.